The molecule has 1 aliphatic heterocycles. The van der Waals surface area contributed by atoms with Crippen LogP contribution in [0.4, 0.5) is 0 Å². The van der Waals surface area contributed by atoms with Gasteiger partial charge in [-0.25, -0.2) is 4.79 Å². The Morgan fingerprint density at radius 1 is 0.718 bits per heavy atom. The molecule has 7 atom stereocenters. The lowest BCUT2D eigenvalue weighted by atomic mass is 9.98. The Morgan fingerprint density at radius 2 is 1.28 bits per heavy atom. The third kappa shape index (κ3) is 18.6. The summed E-state index contributed by atoms with van der Waals surface area (Å²) in [7, 11) is 2.02. The molecule has 4 rings (SSSR count). The second-order valence-electron chi connectivity index (χ2n) is 17.5. The van der Waals surface area contributed by atoms with E-state index in [9.17, 15) is 43.5 Å². The highest BCUT2D eigenvalue weighted by Gasteiger charge is 2.41. The molecule has 1 heterocycles. The van der Waals surface area contributed by atoms with Crippen LogP contribution in [0, 0.1) is 0 Å². The van der Waals surface area contributed by atoms with Crippen LogP contribution in [0.2, 0.25) is 0 Å². The van der Waals surface area contributed by atoms with Gasteiger partial charge in [0.1, 0.15) is 42.3 Å². The van der Waals surface area contributed by atoms with Crippen LogP contribution >= 0.6 is 21.6 Å². The van der Waals surface area contributed by atoms with E-state index in [4.69, 9.17) is 22.9 Å². The molecule has 7 amide bonds. The predicted octanol–water partition coefficient (Wildman–Crippen LogP) is -0.576. The van der Waals surface area contributed by atoms with Crippen molar-refractivity contribution in [2.75, 3.05) is 18.8 Å². The van der Waals surface area contributed by atoms with Crippen molar-refractivity contribution in [2.24, 2.45) is 32.9 Å². The first-order valence-electron chi connectivity index (χ1n) is 22.9. The number of benzene rings is 3. The molecule has 24 heteroatoms. The Labute approximate surface area is 419 Å². The SMILES string of the molecule is CC(=O)N[C@@H](CCCN=C(N)N)C(=O)N[C@@H](C)C(=O)N[C@@H]1CSSC(C)(C)[C@@H](C(=O)O)NC(=O)[C@H](Cc2ccc3ccccc3c2)NC(=O)[C@H](Cc2ccccc2)NC(=O)[C@H](CCCN=C(N)N)NC1=O. The summed E-state index contributed by atoms with van der Waals surface area (Å²) >= 11 is 0. The molecule has 22 nitrogen and oxygen atoms in total. The van der Waals surface area contributed by atoms with Crippen molar-refractivity contribution in [2.45, 2.75) is 113 Å². The molecule has 16 N–H and O–H groups in total. The number of hydrogen-bond acceptors (Lipinski definition) is 12. The number of carboxylic acids is 1. The molecular formula is C47H65N13O9S2. The van der Waals surface area contributed by atoms with E-state index in [1.54, 1.807) is 50.2 Å². The Balaban J connectivity index is 1.73. The minimum Gasteiger partial charge on any atom is -0.480 e. The molecule has 3 aromatic carbocycles. The van der Waals surface area contributed by atoms with Crippen LogP contribution in [0.25, 0.3) is 10.8 Å². The van der Waals surface area contributed by atoms with Gasteiger partial charge in [0.25, 0.3) is 0 Å². The van der Waals surface area contributed by atoms with Crippen LogP contribution in [0.5, 0.6) is 0 Å². The predicted molar refractivity (Wildman–Crippen MR) is 274 cm³/mol. The molecule has 0 saturated carbocycles. The van der Waals surface area contributed by atoms with E-state index < -0.39 is 94.4 Å². The van der Waals surface area contributed by atoms with Gasteiger partial charge in [0.15, 0.2) is 11.9 Å². The maximum atomic E-state index is 14.5. The molecule has 0 unspecified atom stereocenters. The van der Waals surface area contributed by atoms with E-state index in [2.05, 4.69) is 47.2 Å². The van der Waals surface area contributed by atoms with E-state index in [1.807, 2.05) is 36.4 Å². The maximum absolute atomic E-state index is 14.5. The number of aliphatic carboxylic acids is 1. The van der Waals surface area contributed by atoms with Crippen LogP contribution in [0.15, 0.2) is 82.8 Å². The second kappa shape index (κ2) is 27.3. The molecule has 1 aliphatic rings. The van der Waals surface area contributed by atoms with Crippen molar-refractivity contribution in [3.63, 3.8) is 0 Å². The van der Waals surface area contributed by atoms with Crippen molar-refractivity contribution in [1.29, 1.82) is 0 Å². The number of guanidine groups is 2. The number of carboxylic acid groups (broad SMARTS) is 1. The first-order valence-corrected chi connectivity index (χ1v) is 25.2. The molecule has 1 fully saturated rings. The molecule has 0 radical (unpaired) electrons. The zero-order valence-electron chi connectivity index (χ0n) is 40.1. The summed E-state index contributed by atoms with van der Waals surface area (Å²) in [6.07, 6.45) is 0.445. The fraction of sp³-hybridized carbons (Fsp3) is 0.447. The molecule has 0 bridgehead atoms. The molecule has 0 aromatic heterocycles. The highest BCUT2D eigenvalue weighted by molar-refractivity contribution is 8.77. The van der Waals surface area contributed by atoms with Gasteiger partial charge >= 0.3 is 5.97 Å². The smallest absolute Gasteiger partial charge is 0.327 e. The summed E-state index contributed by atoms with van der Waals surface area (Å²) in [6, 6.07) is 12.6. The molecular weight excluding hydrogens is 955 g/mol. The minimum atomic E-state index is -1.55. The standard InChI is InChI=1S/C47H65N13O9S2/c1-26(54-39(63)32(55-27(2)61)16-10-20-52-45(48)49)38(62)59-36-25-70-71-47(3,4)37(44(68)69)60-42(66)35(24-29-18-19-30-14-8-9-15-31(30)22-29)58-41(65)34(23-28-12-6-5-7-13-28)57-40(64)33(56-43(36)67)17-11-21-53-46(50)51/h5-9,12-15,18-19,22,26,32-37H,10-11,16-17,20-21,23-25H2,1-4H3,(H,54,63)(H,55,61)(H,56,67)(H,57,64)(H,58,65)(H,59,62)(H,60,66)(H,68,69)(H4,48,49,52)(H4,50,51,53)/t26-,32-,33-,34-,35-,36+,37+/m0/s1. The molecule has 3 aromatic rings. The normalized spacial score (nSPS) is 20.8. The number of carbonyl (C=O) groups is 8. The fourth-order valence-electron chi connectivity index (χ4n) is 7.41. The van der Waals surface area contributed by atoms with Crippen LogP contribution in [-0.4, -0.2) is 130 Å². The first-order chi connectivity index (χ1) is 33.6. The number of nitrogens with two attached hydrogens (primary N) is 4. The lowest BCUT2D eigenvalue weighted by Crippen LogP contribution is -2.61. The fourth-order valence-corrected chi connectivity index (χ4v) is 10.2. The Bertz CT molecular complexity index is 2430. The van der Waals surface area contributed by atoms with Crippen LogP contribution in [-0.2, 0) is 51.2 Å². The Morgan fingerprint density at radius 3 is 1.90 bits per heavy atom. The van der Waals surface area contributed by atoms with Crippen molar-refractivity contribution >= 4 is 91.6 Å². The summed E-state index contributed by atoms with van der Waals surface area (Å²) in [5, 5.41) is 31.0. The van der Waals surface area contributed by atoms with Crippen LogP contribution < -0.4 is 60.2 Å². The molecule has 0 aliphatic carbocycles. The van der Waals surface area contributed by atoms with Gasteiger partial charge in [-0.2, -0.15) is 0 Å². The Kier molecular flexibility index (Phi) is 21.8. The van der Waals surface area contributed by atoms with Gasteiger partial charge in [0.05, 0.1) is 4.75 Å². The van der Waals surface area contributed by atoms with Crippen molar-refractivity contribution in [3.05, 3.63) is 83.9 Å². The van der Waals surface area contributed by atoms with E-state index in [1.165, 1.54) is 13.8 Å². The molecule has 384 valence electrons. The molecule has 0 spiro atoms. The average Bonchev–Trinajstić information content (AvgIpc) is 3.31. The lowest BCUT2D eigenvalue weighted by molar-refractivity contribution is -0.143. The topological polar surface area (TPSA) is 370 Å². The second-order valence-corrected chi connectivity index (χ2v) is 20.4. The summed E-state index contributed by atoms with van der Waals surface area (Å²) in [6.45, 7) is 5.99. The highest BCUT2D eigenvalue weighted by atomic mass is 33.1. The van der Waals surface area contributed by atoms with Crippen molar-refractivity contribution < 1.29 is 43.5 Å². The van der Waals surface area contributed by atoms with Crippen LogP contribution in [0.1, 0.15) is 64.5 Å². The summed E-state index contributed by atoms with van der Waals surface area (Å²) in [5.41, 5.74) is 23.2. The third-order valence-electron chi connectivity index (χ3n) is 11.1. The zero-order valence-corrected chi connectivity index (χ0v) is 41.7. The summed E-state index contributed by atoms with van der Waals surface area (Å²) in [4.78, 5) is 118. The highest BCUT2D eigenvalue weighted by Crippen LogP contribution is 2.39. The van der Waals surface area contributed by atoms with E-state index in [-0.39, 0.29) is 62.9 Å². The van der Waals surface area contributed by atoms with Gasteiger partial charge < -0.3 is 65.3 Å². The third-order valence-corrected chi connectivity index (χ3v) is 14.4. The minimum absolute atomic E-state index is 0.0446. The van der Waals surface area contributed by atoms with Gasteiger partial charge in [0.2, 0.25) is 41.4 Å². The Hall–Kier alpha value is -7.08. The average molecular weight is 1020 g/mol. The van der Waals surface area contributed by atoms with Crippen molar-refractivity contribution in [1.82, 2.24) is 37.2 Å². The number of nitrogens with one attached hydrogen (secondary N) is 7. The quantitative estimate of drug-likeness (QED) is 0.0328. The molecule has 71 heavy (non-hydrogen) atoms. The van der Waals surface area contributed by atoms with E-state index in [0.717, 1.165) is 32.4 Å². The number of aliphatic imine (C=N–C) groups is 2. The van der Waals surface area contributed by atoms with Gasteiger partial charge in [-0.3, -0.25) is 43.5 Å². The number of nitrogens with zero attached hydrogens (tertiary/aromatic N) is 2. The number of fused-ring (bicyclic) bond motifs is 1. The number of carbonyl (C=O) groups excluding carboxylic acids is 7. The van der Waals surface area contributed by atoms with E-state index in [0.29, 0.717) is 17.5 Å². The monoisotopic (exact) mass is 1020 g/mol. The van der Waals surface area contributed by atoms with Gasteiger partial charge in [-0.1, -0.05) is 94.4 Å². The number of rotatable bonds is 18. The lowest BCUT2D eigenvalue weighted by Gasteiger charge is -2.32. The zero-order chi connectivity index (χ0) is 52.3. The summed E-state index contributed by atoms with van der Waals surface area (Å²) in [5.74, 6) is -7.18. The molecule has 1 saturated heterocycles. The number of hydrogen-bond donors (Lipinski definition) is 12. The first kappa shape index (κ1) is 56.5. The van der Waals surface area contributed by atoms with Gasteiger partial charge in [0, 0.05) is 38.6 Å². The summed E-state index contributed by atoms with van der Waals surface area (Å²) < 4.78 is -1.30. The van der Waals surface area contributed by atoms with E-state index >= 15 is 0 Å². The van der Waals surface area contributed by atoms with Crippen molar-refractivity contribution in [3.8, 4) is 0 Å². The van der Waals surface area contributed by atoms with Gasteiger partial charge in [-0.05, 0) is 68.4 Å². The number of amides is 7. The van der Waals surface area contributed by atoms with Crippen LogP contribution in [0.3, 0.4) is 0 Å². The maximum Gasteiger partial charge on any atom is 0.327 e. The van der Waals surface area contributed by atoms with Gasteiger partial charge in [-0.15, -0.1) is 0 Å². The largest absolute Gasteiger partial charge is 0.480 e.